The van der Waals surface area contributed by atoms with Crippen LogP contribution in [0.4, 0.5) is 0 Å². The van der Waals surface area contributed by atoms with E-state index in [4.69, 9.17) is 4.52 Å². The summed E-state index contributed by atoms with van der Waals surface area (Å²) in [5.74, 6) is 2.30. The maximum atomic E-state index is 4.93. The second-order valence-corrected chi connectivity index (χ2v) is 4.85. The van der Waals surface area contributed by atoms with E-state index in [0.717, 1.165) is 12.5 Å². The molecule has 0 saturated heterocycles. The minimum Gasteiger partial charge on any atom is -0.356 e. The SMILES string of the molecule is CN=C(NCc1noc(C)n1)NCC(C)c1ccccc1. The minimum atomic E-state index is 0.400. The number of benzene rings is 1. The Morgan fingerprint density at radius 3 is 2.67 bits per heavy atom. The van der Waals surface area contributed by atoms with Crippen LogP contribution in [0.1, 0.15) is 30.1 Å². The van der Waals surface area contributed by atoms with Gasteiger partial charge in [0, 0.05) is 20.5 Å². The highest BCUT2D eigenvalue weighted by Crippen LogP contribution is 2.12. The monoisotopic (exact) mass is 287 g/mol. The van der Waals surface area contributed by atoms with Crippen molar-refractivity contribution in [1.29, 1.82) is 0 Å². The van der Waals surface area contributed by atoms with Gasteiger partial charge in [-0.1, -0.05) is 42.4 Å². The normalized spacial score (nSPS) is 13.0. The van der Waals surface area contributed by atoms with E-state index in [0.29, 0.717) is 24.2 Å². The lowest BCUT2D eigenvalue weighted by Gasteiger charge is -2.15. The second kappa shape index (κ2) is 7.42. The quantitative estimate of drug-likeness (QED) is 0.648. The number of nitrogens with one attached hydrogen (secondary N) is 2. The average molecular weight is 287 g/mol. The molecule has 0 amide bonds. The summed E-state index contributed by atoms with van der Waals surface area (Å²) in [4.78, 5) is 8.32. The van der Waals surface area contributed by atoms with Crippen LogP contribution in [-0.4, -0.2) is 29.7 Å². The van der Waals surface area contributed by atoms with Gasteiger partial charge in [-0.3, -0.25) is 4.99 Å². The fourth-order valence-corrected chi connectivity index (χ4v) is 1.95. The second-order valence-electron chi connectivity index (χ2n) is 4.85. The lowest BCUT2D eigenvalue weighted by atomic mass is 10.0. The summed E-state index contributed by atoms with van der Waals surface area (Å²) in [6, 6.07) is 10.4. The summed E-state index contributed by atoms with van der Waals surface area (Å²) in [5, 5.41) is 10.3. The van der Waals surface area contributed by atoms with E-state index < -0.39 is 0 Å². The van der Waals surface area contributed by atoms with Crippen molar-refractivity contribution in [1.82, 2.24) is 20.8 Å². The lowest BCUT2D eigenvalue weighted by Crippen LogP contribution is -2.38. The molecule has 6 heteroatoms. The van der Waals surface area contributed by atoms with Crippen molar-refractivity contribution < 1.29 is 4.52 Å². The van der Waals surface area contributed by atoms with Crippen LogP contribution in [0.5, 0.6) is 0 Å². The van der Waals surface area contributed by atoms with Gasteiger partial charge in [0.25, 0.3) is 0 Å². The van der Waals surface area contributed by atoms with E-state index in [9.17, 15) is 0 Å². The molecule has 2 aromatic rings. The van der Waals surface area contributed by atoms with Crippen molar-refractivity contribution >= 4 is 5.96 Å². The molecule has 0 spiro atoms. The molecule has 0 fully saturated rings. The Kier molecular flexibility index (Phi) is 5.31. The van der Waals surface area contributed by atoms with Crippen LogP contribution in [-0.2, 0) is 6.54 Å². The summed E-state index contributed by atoms with van der Waals surface area (Å²) < 4.78 is 4.93. The molecule has 1 heterocycles. The molecule has 6 nitrogen and oxygen atoms in total. The fraction of sp³-hybridized carbons (Fsp3) is 0.400. The van der Waals surface area contributed by atoms with Gasteiger partial charge >= 0.3 is 0 Å². The van der Waals surface area contributed by atoms with Crippen molar-refractivity contribution in [3.63, 3.8) is 0 Å². The van der Waals surface area contributed by atoms with Crippen LogP contribution in [0.2, 0.25) is 0 Å². The number of nitrogens with zero attached hydrogens (tertiary/aromatic N) is 3. The highest BCUT2D eigenvalue weighted by atomic mass is 16.5. The van der Waals surface area contributed by atoms with Gasteiger partial charge < -0.3 is 15.2 Å². The number of guanidine groups is 1. The first-order valence-corrected chi connectivity index (χ1v) is 6.97. The van der Waals surface area contributed by atoms with Crippen molar-refractivity contribution in [3.05, 3.63) is 47.6 Å². The Bertz CT molecular complexity index is 579. The van der Waals surface area contributed by atoms with Gasteiger partial charge in [0.1, 0.15) is 0 Å². The standard InChI is InChI=1S/C15H21N5O/c1-11(13-7-5-4-6-8-13)9-17-15(16-3)18-10-14-19-12(2)21-20-14/h4-8,11H,9-10H2,1-3H3,(H2,16,17,18). The molecule has 0 radical (unpaired) electrons. The summed E-state index contributed by atoms with van der Waals surface area (Å²) in [6.45, 7) is 5.23. The molecule has 112 valence electrons. The van der Waals surface area contributed by atoms with Crippen LogP contribution in [0.3, 0.4) is 0 Å². The molecule has 0 aliphatic heterocycles. The third-order valence-electron chi connectivity index (χ3n) is 3.15. The van der Waals surface area contributed by atoms with Gasteiger partial charge in [-0.25, -0.2) is 0 Å². The molecule has 0 saturated carbocycles. The van der Waals surface area contributed by atoms with Gasteiger partial charge in [0.15, 0.2) is 11.8 Å². The zero-order valence-corrected chi connectivity index (χ0v) is 12.6. The Balaban J connectivity index is 1.80. The highest BCUT2D eigenvalue weighted by molar-refractivity contribution is 5.79. The molecule has 0 aliphatic carbocycles. The van der Waals surface area contributed by atoms with E-state index in [1.165, 1.54) is 5.56 Å². The molecule has 2 rings (SSSR count). The largest absolute Gasteiger partial charge is 0.356 e. The Labute approximate surface area is 124 Å². The van der Waals surface area contributed by atoms with Crippen LogP contribution < -0.4 is 10.6 Å². The molecule has 0 aliphatic rings. The predicted octanol–water partition coefficient (Wildman–Crippen LogP) is 1.85. The topological polar surface area (TPSA) is 75.3 Å². The van der Waals surface area contributed by atoms with E-state index in [1.54, 1.807) is 14.0 Å². The third-order valence-corrected chi connectivity index (χ3v) is 3.15. The van der Waals surface area contributed by atoms with Gasteiger partial charge in [-0.2, -0.15) is 4.98 Å². The molecule has 1 aromatic carbocycles. The number of aryl methyl sites for hydroxylation is 1. The maximum Gasteiger partial charge on any atom is 0.223 e. The first-order valence-electron chi connectivity index (χ1n) is 6.97. The Morgan fingerprint density at radius 1 is 1.29 bits per heavy atom. The number of rotatable bonds is 5. The average Bonchev–Trinajstić information content (AvgIpc) is 2.93. The van der Waals surface area contributed by atoms with E-state index in [2.05, 4.69) is 57.0 Å². The number of hydrogen-bond donors (Lipinski definition) is 2. The first kappa shape index (κ1) is 15.0. The molecule has 1 aromatic heterocycles. The first-order chi connectivity index (χ1) is 10.2. The van der Waals surface area contributed by atoms with Gasteiger partial charge in [0.2, 0.25) is 5.89 Å². The van der Waals surface area contributed by atoms with Crippen molar-refractivity contribution in [2.75, 3.05) is 13.6 Å². The maximum absolute atomic E-state index is 4.93. The molecule has 1 unspecified atom stereocenters. The Hall–Kier alpha value is -2.37. The summed E-state index contributed by atoms with van der Waals surface area (Å²) >= 11 is 0. The predicted molar refractivity (Wildman–Crippen MR) is 82.1 cm³/mol. The van der Waals surface area contributed by atoms with Crippen LogP contribution >= 0.6 is 0 Å². The van der Waals surface area contributed by atoms with Crippen molar-refractivity contribution in [2.45, 2.75) is 26.3 Å². The van der Waals surface area contributed by atoms with Crippen LogP contribution in [0.25, 0.3) is 0 Å². The van der Waals surface area contributed by atoms with Crippen molar-refractivity contribution in [2.24, 2.45) is 4.99 Å². The molecule has 21 heavy (non-hydrogen) atoms. The smallest absolute Gasteiger partial charge is 0.223 e. The van der Waals surface area contributed by atoms with E-state index in [1.807, 2.05) is 6.07 Å². The van der Waals surface area contributed by atoms with Gasteiger partial charge in [0.05, 0.1) is 6.54 Å². The number of aromatic nitrogens is 2. The molecule has 0 bridgehead atoms. The molecular formula is C15H21N5O. The summed E-state index contributed by atoms with van der Waals surface area (Å²) in [7, 11) is 1.74. The number of aliphatic imine (C=N–C) groups is 1. The zero-order valence-electron chi connectivity index (χ0n) is 12.6. The highest BCUT2D eigenvalue weighted by Gasteiger charge is 2.07. The Morgan fingerprint density at radius 2 is 2.05 bits per heavy atom. The lowest BCUT2D eigenvalue weighted by molar-refractivity contribution is 0.386. The van der Waals surface area contributed by atoms with Gasteiger partial charge in [-0.15, -0.1) is 0 Å². The van der Waals surface area contributed by atoms with E-state index in [-0.39, 0.29) is 0 Å². The van der Waals surface area contributed by atoms with E-state index >= 15 is 0 Å². The molecule has 1 atom stereocenters. The van der Waals surface area contributed by atoms with Crippen LogP contribution in [0, 0.1) is 6.92 Å². The summed E-state index contributed by atoms with van der Waals surface area (Å²) in [6.07, 6.45) is 0. The van der Waals surface area contributed by atoms with Crippen LogP contribution in [0.15, 0.2) is 39.8 Å². The zero-order chi connectivity index (χ0) is 15.1. The minimum absolute atomic E-state index is 0.400. The molecular weight excluding hydrogens is 266 g/mol. The third kappa shape index (κ3) is 4.59. The summed E-state index contributed by atoms with van der Waals surface area (Å²) in [5.41, 5.74) is 1.30. The van der Waals surface area contributed by atoms with Gasteiger partial charge in [-0.05, 0) is 11.5 Å². The van der Waals surface area contributed by atoms with Crippen molar-refractivity contribution in [3.8, 4) is 0 Å². The fourth-order valence-electron chi connectivity index (χ4n) is 1.95. The number of hydrogen-bond acceptors (Lipinski definition) is 4. The molecule has 2 N–H and O–H groups in total.